The van der Waals surface area contributed by atoms with E-state index in [1.54, 1.807) is 0 Å². The van der Waals surface area contributed by atoms with Crippen molar-refractivity contribution in [3.8, 4) is 11.5 Å². The molecule has 0 aromatic heterocycles. The molecule has 2 aliphatic rings. The zero-order valence-electron chi connectivity index (χ0n) is 17.3. The summed E-state index contributed by atoms with van der Waals surface area (Å²) in [5, 5.41) is 2.98. The van der Waals surface area contributed by atoms with Gasteiger partial charge >= 0.3 is 6.03 Å². The normalized spacial score (nSPS) is 15.4. The molecule has 0 saturated carbocycles. The van der Waals surface area contributed by atoms with Crippen LogP contribution in [0.3, 0.4) is 0 Å². The zero-order valence-corrected chi connectivity index (χ0v) is 17.3. The highest BCUT2D eigenvalue weighted by molar-refractivity contribution is 6.03. The van der Waals surface area contributed by atoms with Crippen molar-refractivity contribution in [2.24, 2.45) is 4.99 Å². The highest BCUT2D eigenvalue weighted by atomic mass is 16.5. The van der Waals surface area contributed by atoms with E-state index in [4.69, 9.17) is 14.5 Å². The van der Waals surface area contributed by atoms with Gasteiger partial charge in [-0.15, -0.1) is 0 Å². The lowest BCUT2D eigenvalue weighted by molar-refractivity contribution is 0.142. The van der Waals surface area contributed by atoms with E-state index in [0.717, 1.165) is 48.1 Å². The highest BCUT2D eigenvalue weighted by Gasteiger charge is 2.27. The molecule has 7 nitrogen and oxygen atoms in total. The first-order valence-corrected chi connectivity index (χ1v) is 10.6. The molecular formula is C23H28N4O3. The Bertz CT molecular complexity index is 907. The van der Waals surface area contributed by atoms with Crippen molar-refractivity contribution in [1.82, 2.24) is 15.1 Å². The second-order valence-electron chi connectivity index (χ2n) is 7.26. The maximum absolute atomic E-state index is 12.4. The van der Waals surface area contributed by atoms with Gasteiger partial charge in [-0.05, 0) is 37.6 Å². The summed E-state index contributed by atoms with van der Waals surface area (Å²) in [4.78, 5) is 21.5. The van der Waals surface area contributed by atoms with Crippen LogP contribution in [0.25, 0.3) is 0 Å². The van der Waals surface area contributed by atoms with Crippen molar-refractivity contribution >= 4 is 17.6 Å². The Balaban J connectivity index is 1.43. The zero-order chi connectivity index (χ0) is 20.8. The first kappa shape index (κ1) is 20.2. The molecule has 0 aliphatic carbocycles. The van der Waals surface area contributed by atoms with Crippen molar-refractivity contribution in [3.05, 3.63) is 54.1 Å². The summed E-state index contributed by atoms with van der Waals surface area (Å²) in [6.07, 6.45) is 0.826. The summed E-state index contributed by atoms with van der Waals surface area (Å²) in [5.74, 6) is 2.45. The molecule has 0 unspecified atom stereocenters. The summed E-state index contributed by atoms with van der Waals surface area (Å²) in [5.41, 5.74) is 1.79. The third-order valence-corrected chi connectivity index (χ3v) is 5.25. The van der Waals surface area contributed by atoms with Gasteiger partial charge in [0.2, 0.25) is 0 Å². The van der Waals surface area contributed by atoms with Gasteiger partial charge < -0.3 is 24.6 Å². The molecule has 1 fully saturated rings. The van der Waals surface area contributed by atoms with Gasteiger partial charge in [-0.3, -0.25) is 0 Å². The molecule has 1 saturated heterocycles. The average molecular weight is 409 g/mol. The Morgan fingerprint density at radius 3 is 2.60 bits per heavy atom. The van der Waals surface area contributed by atoms with E-state index in [0.29, 0.717) is 32.8 Å². The quantitative estimate of drug-likeness (QED) is 0.768. The van der Waals surface area contributed by atoms with Crippen LogP contribution in [0.2, 0.25) is 0 Å². The number of carbonyl (C=O) groups excluding carboxylic acids is 1. The number of rotatable bonds is 5. The van der Waals surface area contributed by atoms with Gasteiger partial charge in [0.25, 0.3) is 0 Å². The first-order valence-electron chi connectivity index (χ1n) is 10.6. The molecule has 2 aliphatic heterocycles. The van der Waals surface area contributed by atoms with E-state index in [1.165, 1.54) is 0 Å². The lowest BCUT2D eigenvalue weighted by Crippen LogP contribution is -2.53. The largest absolute Gasteiger partial charge is 0.454 e. The second kappa shape index (κ2) is 9.63. The lowest BCUT2D eigenvalue weighted by Gasteiger charge is -2.36. The molecule has 0 spiro atoms. The molecule has 2 aromatic carbocycles. The summed E-state index contributed by atoms with van der Waals surface area (Å²) in [6, 6.07) is 15.8. The van der Waals surface area contributed by atoms with Gasteiger partial charge in [0, 0.05) is 45.9 Å². The average Bonchev–Trinajstić information content (AvgIpc) is 2.95. The standard InChI is InChI=1S/C23H28N4O3/c1-2-29-17-7-12-24-23(28)27-15-13-26(14-16-27)22-18-8-3-5-10-20(18)30-21-11-6-4-9-19(21)25-22/h3-6,8-11H,2,7,12-17H2,1H3,(H,24,28). The molecule has 0 radical (unpaired) electrons. The monoisotopic (exact) mass is 408 g/mol. The summed E-state index contributed by atoms with van der Waals surface area (Å²) >= 11 is 0. The molecule has 1 N–H and O–H groups in total. The van der Waals surface area contributed by atoms with Gasteiger partial charge in [0.15, 0.2) is 5.75 Å². The smallest absolute Gasteiger partial charge is 0.317 e. The number of aliphatic imine (C=N–C) groups is 1. The number of hydrogen-bond acceptors (Lipinski definition) is 5. The lowest BCUT2D eigenvalue weighted by atomic mass is 10.1. The van der Waals surface area contributed by atoms with Gasteiger partial charge in [-0.1, -0.05) is 24.3 Å². The number of urea groups is 1. The van der Waals surface area contributed by atoms with Crippen molar-refractivity contribution < 1.29 is 14.3 Å². The van der Waals surface area contributed by atoms with Crippen LogP contribution < -0.4 is 10.1 Å². The second-order valence-corrected chi connectivity index (χ2v) is 7.26. The van der Waals surface area contributed by atoms with E-state index in [-0.39, 0.29) is 6.03 Å². The number of ether oxygens (including phenoxy) is 2. The third-order valence-electron chi connectivity index (χ3n) is 5.25. The minimum absolute atomic E-state index is 0.0111. The summed E-state index contributed by atoms with van der Waals surface area (Å²) < 4.78 is 11.4. The molecule has 7 heteroatoms. The molecule has 0 atom stereocenters. The van der Waals surface area contributed by atoms with E-state index < -0.39 is 0 Å². The van der Waals surface area contributed by atoms with Crippen LogP contribution in [-0.4, -0.2) is 67.6 Å². The van der Waals surface area contributed by atoms with Gasteiger partial charge in [0.05, 0.1) is 5.56 Å². The molecule has 158 valence electrons. The number of hydrogen-bond donors (Lipinski definition) is 1. The predicted octanol–water partition coefficient (Wildman–Crippen LogP) is 3.62. The number of fused-ring (bicyclic) bond motifs is 2. The molecule has 30 heavy (non-hydrogen) atoms. The maximum Gasteiger partial charge on any atom is 0.317 e. The van der Waals surface area contributed by atoms with Crippen LogP contribution in [-0.2, 0) is 4.74 Å². The fourth-order valence-corrected chi connectivity index (χ4v) is 3.66. The molecule has 2 amide bonds. The molecule has 2 aromatic rings. The van der Waals surface area contributed by atoms with E-state index >= 15 is 0 Å². The Kier molecular flexibility index (Phi) is 6.49. The number of nitrogens with zero attached hydrogens (tertiary/aromatic N) is 3. The Labute approximate surface area is 177 Å². The van der Waals surface area contributed by atoms with E-state index in [9.17, 15) is 4.79 Å². The summed E-state index contributed by atoms with van der Waals surface area (Å²) in [7, 11) is 0. The number of para-hydroxylation sites is 3. The van der Waals surface area contributed by atoms with Crippen LogP contribution in [0.1, 0.15) is 18.9 Å². The first-order chi connectivity index (χ1) is 14.8. The SMILES string of the molecule is CCOCCCNC(=O)N1CCN(C2=Nc3ccccc3Oc3ccccc32)CC1. The molecule has 4 rings (SSSR count). The minimum Gasteiger partial charge on any atom is -0.454 e. The predicted molar refractivity (Wildman–Crippen MR) is 117 cm³/mol. The topological polar surface area (TPSA) is 66.4 Å². The number of carbonyl (C=O) groups is 1. The van der Waals surface area contributed by atoms with E-state index in [2.05, 4.69) is 10.2 Å². The van der Waals surface area contributed by atoms with Crippen LogP contribution in [0, 0.1) is 0 Å². The summed E-state index contributed by atoms with van der Waals surface area (Å²) in [6.45, 7) is 6.74. The number of nitrogens with one attached hydrogen (secondary N) is 1. The Morgan fingerprint density at radius 2 is 1.80 bits per heavy atom. The fourth-order valence-electron chi connectivity index (χ4n) is 3.66. The number of amidine groups is 1. The van der Waals surface area contributed by atoms with Crippen molar-refractivity contribution in [3.63, 3.8) is 0 Å². The molecule has 0 bridgehead atoms. The number of piperazine rings is 1. The fraction of sp³-hybridized carbons (Fsp3) is 0.391. The maximum atomic E-state index is 12.4. The number of benzene rings is 2. The van der Waals surface area contributed by atoms with E-state index in [1.807, 2.05) is 60.4 Å². The Hall–Kier alpha value is -3.06. The minimum atomic E-state index is -0.0111. The van der Waals surface area contributed by atoms with Crippen LogP contribution >= 0.6 is 0 Å². The molecule has 2 heterocycles. The van der Waals surface area contributed by atoms with Crippen LogP contribution in [0.15, 0.2) is 53.5 Å². The van der Waals surface area contributed by atoms with Gasteiger partial charge in [-0.25, -0.2) is 9.79 Å². The van der Waals surface area contributed by atoms with Crippen LogP contribution in [0.5, 0.6) is 11.5 Å². The third kappa shape index (κ3) is 4.57. The number of amides is 2. The van der Waals surface area contributed by atoms with Crippen molar-refractivity contribution in [1.29, 1.82) is 0 Å². The Morgan fingerprint density at radius 1 is 1.07 bits per heavy atom. The molecular weight excluding hydrogens is 380 g/mol. The van der Waals surface area contributed by atoms with Gasteiger partial charge in [-0.2, -0.15) is 0 Å². The highest BCUT2D eigenvalue weighted by Crippen LogP contribution is 2.37. The van der Waals surface area contributed by atoms with Crippen molar-refractivity contribution in [2.75, 3.05) is 45.9 Å². The van der Waals surface area contributed by atoms with Gasteiger partial charge in [0.1, 0.15) is 17.3 Å². The van der Waals surface area contributed by atoms with Crippen molar-refractivity contribution in [2.45, 2.75) is 13.3 Å². The van der Waals surface area contributed by atoms with Crippen LogP contribution in [0.4, 0.5) is 10.5 Å².